The van der Waals surface area contributed by atoms with Crippen LogP contribution < -0.4 is 5.73 Å². The summed E-state index contributed by atoms with van der Waals surface area (Å²) in [5.41, 5.74) is 6.41. The molecule has 2 nitrogen and oxygen atoms in total. The van der Waals surface area contributed by atoms with E-state index in [1.54, 1.807) is 18.2 Å². The van der Waals surface area contributed by atoms with Crippen molar-refractivity contribution < 1.29 is 5.11 Å². The van der Waals surface area contributed by atoms with Crippen LogP contribution in [0.15, 0.2) is 18.2 Å². The third-order valence-corrected chi connectivity index (χ3v) is 5.09. The van der Waals surface area contributed by atoms with Crippen LogP contribution in [0.25, 0.3) is 0 Å². The van der Waals surface area contributed by atoms with Crippen molar-refractivity contribution in [3.8, 4) is 0 Å². The van der Waals surface area contributed by atoms with Crippen molar-refractivity contribution >= 4 is 23.2 Å². The van der Waals surface area contributed by atoms with E-state index in [1.165, 1.54) is 0 Å². The Kier molecular flexibility index (Phi) is 4.78. The van der Waals surface area contributed by atoms with E-state index in [-0.39, 0.29) is 5.41 Å². The second kappa shape index (κ2) is 6.01. The van der Waals surface area contributed by atoms with Gasteiger partial charge in [0.2, 0.25) is 0 Å². The molecule has 1 aliphatic rings. The molecule has 0 radical (unpaired) electrons. The van der Waals surface area contributed by atoms with Crippen LogP contribution in [0.1, 0.15) is 44.3 Å². The lowest BCUT2D eigenvalue weighted by atomic mass is 9.66. The van der Waals surface area contributed by atoms with Gasteiger partial charge < -0.3 is 10.8 Å². The van der Waals surface area contributed by atoms with E-state index in [0.717, 1.165) is 25.7 Å². The third-order valence-electron chi connectivity index (χ3n) is 4.51. The minimum Gasteiger partial charge on any atom is -0.388 e. The Balaban J connectivity index is 2.30. The van der Waals surface area contributed by atoms with Gasteiger partial charge in [0.1, 0.15) is 0 Å². The quantitative estimate of drug-likeness (QED) is 0.879. The summed E-state index contributed by atoms with van der Waals surface area (Å²) in [6, 6.07) is 5.22. The predicted octanol–water partition coefficient (Wildman–Crippen LogP) is 4.18. The van der Waals surface area contributed by atoms with Crippen molar-refractivity contribution in [1.82, 2.24) is 0 Å². The van der Waals surface area contributed by atoms with E-state index in [9.17, 15) is 5.11 Å². The fourth-order valence-corrected chi connectivity index (χ4v) is 3.38. The SMILES string of the molecule is CC1CCC(CN)(C(O)c2cc(Cl)ccc2Cl)CC1. The number of halogens is 2. The van der Waals surface area contributed by atoms with Gasteiger partial charge in [-0.05, 0) is 37.0 Å². The summed E-state index contributed by atoms with van der Waals surface area (Å²) in [4.78, 5) is 0. The van der Waals surface area contributed by atoms with Gasteiger partial charge in [-0.1, -0.05) is 43.0 Å². The highest BCUT2D eigenvalue weighted by atomic mass is 35.5. The van der Waals surface area contributed by atoms with Gasteiger partial charge in [-0.2, -0.15) is 0 Å². The van der Waals surface area contributed by atoms with E-state index in [1.807, 2.05) is 0 Å². The fraction of sp³-hybridized carbons (Fsp3) is 0.600. The zero-order valence-corrected chi connectivity index (χ0v) is 12.7. The second-order valence-corrected chi connectivity index (χ2v) is 6.66. The first-order chi connectivity index (χ1) is 8.98. The van der Waals surface area contributed by atoms with E-state index in [4.69, 9.17) is 28.9 Å². The lowest BCUT2D eigenvalue weighted by Gasteiger charge is -2.42. The van der Waals surface area contributed by atoms with Gasteiger partial charge in [-0.15, -0.1) is 0 Å². The standard InChI is InChI=1S/C15H21Cl2NO/c1-10-4-6-15(9-18,7-5-10)14(19)12-8-11(16)2-3-13(12)17/h2-3,8,10,14,19H,4-7,9,18H2,1H3. The molecular formula is C15H21Cl2NO. The summed E-state index contributed by atoms with van der Waals surface area (Å²) < 4.78 is 0. The molecule has 0 bridgehead atoms. The van der Waals surface area contributed by atoms with Crippen LogP contribution in [-0.4, -0.2) is 11.7 Å². The van der Waals surface area contributed by atoms with Gasteiger partial charge in [0.05, 0.1) is 6.10 Å². The summed E-state index contributed by atoms with van der Waals surface area (Å²) in [6.45, 7) is 2.73. The minimum atomic E-state index is -0.642. The molecule has 0 aromatic heterocycles. The fourth-order valence-electron chi connectivity index (χ4n) is 2.98. The lowest BCUT2D eigenvalue weighted by molar-refractivity contribution is -0.00811. The van der Waals surface area contributed by atoms with Crippen LogP contribution in [0.3, 0.4) is 0 Å². The van der Waals surface area contributed by atoms with Crippen LogP contribution in [0.5, 0.6) is 0 Å². The van der Waals surface area contributed by atoms with Crippen LogP contribution in [0.4, 0.5) is 0 Å². The summed E-state index contributed by atoms with van der Waals surface area (Å²) in [6.07, 6.45) is 3.44. The number of rotatable bonds is 3. The van der Waals surface area contributed by atoms with Crippen molar-refractivity contribution in [3.63, 3.8) is 0 Å². The molecule has 0 aliphatic heterocycles. The maximum absolute atomic E-state index is 10.8. The molecule has 1 unspecified atom stereocenters. The average molecular weight is 302 g/mol. The molecule has 106 valence electrons. The first-order valence-corrected chi connectivity index (χ1v) is 7.57. The molecule has 0 amide bonds. The monoisotopic (exact) mass is 301 g/mol. The van der Waals surface area contributed by atoms with Gasteiger partial charge in [0, 0.05) is 27.6 Å². The number of aliphatic hydroxyl groups excluding tert-OH is 1. The largest absolute Gasteiger partial charge is 0.388 e. The minimum absolute atomic E-state index is 0.263. The molecule has 3 N–H and O–H groups in total. The molecule has 1 saturated carbocycles. The highest BCUT2D eigenvalue weighted by molar-refractivity contribution is 6.33. The molecule has 1 aromatic rings. The average Bonchev–Trinajstić information content (AvgIpc) is 2.42. The van der Waals surface area contributed by atoms with Gasteiger partial charge in [0.25, 0.3) is 0 Å². The Hall–Kier alpha value is -0.280. The molecule has 0 heterocycles. The van der Waals surface area contributed by atoms with Crippen molar-refractivity contribution in [2.45, 2.75) is 38.7 Å². The molecule has 19 heavy (non-hydrogen) atoms. The molecule has 0 saturated heterocycles. The van der Waals surface area contributed by atoms with E-state index in [2.05, 4.69) is 6.92 Å². The Labute approximate surface area is 124 Å². The van der Waals surface area contributed by atoms with Crippen molar-refractivity contribution in [1.29, 1.82) is 0 Å². The summed E-state index contributed by atoms with van der Waals surface area (Å²) >= 11 is 12.2. The van der Waals surface area contributed by atoms with Gasteiger partial charge in [0.15, 0.2) is 0 Å². The van der Waals surface area contributed by atoms with E-state index < -0.39 is 6.10 Å². The number of hydrogen-bond donors (Lipinski definition) is 2. The molecule has 1 aliphatic carbocycles. The first-order valence-electron chi connectivity index (χ1n) is 6.81. The number of hydrogen-bond acceptors (Lipinski definition) is 2. The maximum Gasteiger partial charge on any atom is 0.0873 e. The van der Waals surface area contributed by atoms with Crippen molar-refractivity contribution in [2.75, 3.05) is 6.54 Å². The molecule has 1 atom stereocenters. The smallest absolute Gasteiger partial charge is 0.0873 e. The Morgan fingerprint density at radius 2 is 2.00 bits per heavy atom. The zero-order valence-electron chi connectivity index (χ0n) is 11.2. The lowest BCUT2D eigenvalue weighted by Crippen LogP contribution is -2.40. The number of aliphatic hydroxyl groups is 1. The van der Waals surface area contributed by atoms with Crippen LogP contribution in [0.2, 0.25) is 10.0 Å². The van der Waals surface area contributed by atoms with Gasteiger partial charge in [-0.25, -0.2) is 0 Å². The molecular weight excluding hydrogens is 281 g/mol. The van der Waals surface area contributed by atoms with Gasteiger partial charge in [-0.3, -0.25) is 0 Å². The second-order valence-electron chi connectivity index (χ2n) is 5.82. The molecule has 4 heteroatoms. The van der Waals surface area contributed by atoms with Crippen molar-refractivity contribution in [2.24, 2.45) is 17.1 Å². The molecule has 0 spiro atoms. The number of nitrogens with two attached hydrogens (primary N) is 1. The normalized spacial score (nSPS) is 29.2. The van der Waals surface area contributed by atoms with Crippen molar-refractivity contribution in [3.05, 3.63) is 33.8 Å². The van der Waals surface area contributed by atoms with E-state index in [0.29, 0.717) is 28.1 Å². The highest BCUT2D eigenvalue weighted by Crippen LogP contribution is 2.48. The molecule has 2 rings (SSSR count). The number of benzene rings is 1. The first kappa shape index (κ1) is 15.1. The molecule has 1 fully saturated rings. The van der Waals surface area contributed by atoms with Crippen LogP contribution in [-0.2, 0) is 0 Å². The van der Waals surface area contributed by atoms with Crippen LogP contribution in [0, 0.1) is 11.3 Å². The summed E-state index contributed by atoms with van der Waals surface area (Å²) in [5.74, 6) is 0.710. The third kappa shape index (κ3) is 3.08. The van der Waals surface area contributed by atoms with Crippen LogP contribution >= 0.6 is 23.2 Å². The van der Waals surface area contributed by atoms with Gasteiger partial charge >= 0.3 is 0 Å². The summed E-state index contributed by atoms with van der Waals surface area (Å²) in [5, 5.41) is 11.9. The topological polar surface area (TPSA) is 46.2 Å². The highest BCUT2D eigenvalue weighted by Gasteiger charge is 2.40. The zero-order chi connectivity index (χ0) is 14.0. The summed E-state index contributed by atoms with van der Waals surface area (Å²) in [7, 11) is 0. The maximum atomic E-state index is 10.8. The Morgan fingerprint density at radius 3 is 2.58 bits per heavy atom. The predicted molar refractivity (Wildman–Crippen MR) is 80.5 cm³/mol. The molecule has 1 aromatic carbocycles. The van der Waals surface area contributed by atoms with E-state index >= 15 is 0 Å². The Morgan fingerprint density at radius 1 is 1.37 bits per heavy atom. The Bertz CT molecular complexity index is 442.